The van der Waals surface area contributed by atoms with Crippen LogP contribution in [0.3, 0.4) is 0 Å². The first-order valence-electron chi connectivity index (χ1n) is 9.08. The van der Waals surface area contributed by atoms with Gasteiger partial charge in [-0.25, -0.2) is 0 Å². The molecule has 2 aromatic heterocycles. The van der Waals surface area contributed by atoms with Crippen LogP contribution < -0.4 is 0 Å². The fraction of sp³-hybridized carbons (Fsp3) is 0.611. The second-order valence-electron chi connectivity index (χ2n) is 7.04. The van der Waals surface area contributed by atoms with E-state index in [0.29, 0.717) is 6.04 Å². The molecule has 1 atom stereocenters. The lowest BCUT2D eigenvalue weighted by Gasteiger charge is -2.24. The van der Waals surface area contributed by atoms with Crippen molar-refractivity contribution in [2.45, 2.75) is 45.8 Å². The maximum Gasteiger partial charge on any atom is 0.247 e. The second kappa shape index (κ2) is 7.82. The van der Waals surface area contributed by atoms with Crippen molar-refractivity contribution < 1.29 is 4.79 Å². The standard InChI is InChI=1S/C18H28N6O/c1-15(2)24-14-17(12-20-24)13-21-7-5-8-22(11-10-21)18(25)16(3)23-9-4-6-19-23/h4,6,9,12,14-16H,5,7-8,10-11,13H2,1-3H3. The summed E-state index contributed by atoms with van der Waals surface area (Å²) in [4.78, 5) is 17.1. The Kier molecular flexibility index (Phi) is 5.53. The highest BCUT2D eigenvalue weighted by atomic mass is 16.2. The average molecular weight is 344 g/mol. The topological polar surface area (TPSA) is 59.2 Å². The maximum atomic E-state index is 12.7. The Bertz CT molecular complexity index is 678. The molecule has 7 nitrogen and oxygen atoms in total. The van der Waals surface area contributed by atoms with E-state index in [9.17, 15) is 4.79 Å². The molecule has 0 aliphatic carbocycles. The van der Waals surface area contributed by atoms with E-state index < -0.39 is 0 Å². The summed E-state index contributed by atoms with van der Waals surface area (Å²) in [5, 5.41) is 8.61. The minimum atomic E-state index is -0.245. The predicted octanol–water partition coefficient (Wildman–Crippen LogP) is 1.96. The van der Waals surface area contributed by atoms with E-state index in [-0.39, 0.29) is 11.9 Å². The first-order chi connectivity index (χ1) is 12.0. The summed E-state index contributed by atoms with van der Waals surface area (Å²) >= 11 is 0. The zero-order valence-corrected chi connectivity index (χ0v) is 15.4. The summed E-state index contributed by atoms with van der Waals surface area (Å²) in [6, 6.07) is 1.99. The molecule has 25 heavy (non-hydrogen) atoms. The Morgan fingerprint density at radius 3 is 2.64 bits per heavy atom. The molecule has 0 spiro atoms. The van der Waals surface area contributed by atoms with Crippen molar-refractivity contribution >= 4 is 5.91 Å². The molecule has 1 aliphatic rings. The lowest BCUT2D eigenvalue weighted by atomic mass is 10.2. The smallest absolute Gasteiger partial charge is 0.247 e. The number of hydrogen-bond donors (Lipinski definition) is 0. The predicted molar refractivity (Wildman–Crippen MR) is 96.0 cm³/mol. The van der Waals surface area contributed by atoms with E-state index in [1.165, 1.54) is 5.56 Å². The highest BCUT2D eigenvalue weighted by Crippen LogP contribution is 2.14. The SMILES string of the molecule is CC(C)n1cc(CN2CCCN(C(=O)C(C)n3cccn3)CC2)cn1. The van der Waals surface area contributed by atoms with Crippen LogP contribution in [0.5, 0.6) is 0 Å². The van der Waals surface area contributed by atoms with Crippen molar-refractivity contribution in [1.29, 1.82) is 0 Å². The van der Waals surface area contributed by atoms with Crippen molar-refractivity contribution in [2.24, 2.45) is 0 Å². The molecular formula is C18H28N6O. The molecule has 136 valence electrons. The van der Waals surface area contributed by atoms with E-state index in [1.807, 2.05) is 35.0 Å². The van der Waals surface area contributed by atoms with Crippen LogP contribution >= 0.6 is 0 Å². The lowest BCUT2D eigenvalue weighted by molar-refractivity contribution is -0.134. The fourth-order valence-electron chi connectivity index (χ4n) is 3.24. The van der Waals surface area contributed by atoms with Crippen LogP contribution in [0.25, 0.3) is 0 Å². The average Bonchev–Trinajstić information content (AvgIpc) is 3.23. The molecule has 2 aromatic rings. The molecule has 0 N–H and O–H groups in total. The van der Waals surface area contributed by atoms with Gasteiger partial charge in [0.2, 0.25) is 5.91 Å². The van der Waals surface area contributed by atoms with Crippen LogP contribution in [0, 0.1) is 0 Å². The van der Waals surface area contributed by atoms with E-state index in [1.54, 1.807) is 10.9 Å². The van der Waals surface area contributed by atoms with Crippen LogP contribution in [0.15, 0.2) is 30.9 Å². The van der Waals surface area contributed by atoms with Crippen molar-refractivity contribution in [3.8, 4) is 0 Å². The van der Waals surface area contributed by atoms with Gasteiger partial charge in [-0.15, -0.1) is 0 Å². The van der Waals surface area contributed by atoms with Crippen molar-refractivity contribution in [2.75, 3.05) is 26.2 Å². The molecule has 3 rings (SSSR count). The minimum absolute atomic E-state index is 0.151. The van der Waals surface area contributed by atoms with Crippen LogP contribution in [-0.4, -0.2) is 61.4 Å². The van der Waals surface area contributed by atoms with Gasteiger partial charge in [0.05, 0.1) is 6.20 Å². The van der Waals surface area contributed by atoms with Crippen LogP contribution in [0.4, 0.5) is 0 Å². The summed E-state index contributed by atoms with van der Waals surface area (Å²) in [5.41, 5.74) is 1.23. The van der Waals surface area contributed by atoms with Gasteiger partial charge in [0.1, 0.15) is 6.04 Å². The summed E-state index contributed by atoms with van der Waals surface area (Å²) in [7, 11) is 0. The highest BCUT2D eigenvalue weighted by Gasteiger charge is 2.24. The molecule has 1 saturated heterocycles. The van der Waals surface area contributed by atoms with Crippen LogP contribution in [0.1, 0.15) is 44.8 Å². The molecule has 1 amide bonds. The van der Waals surface area contributed by atoms with Gasteiger partial charge < -0.3 is 4.90 Å². The molecule has 1 unspecified atom stereocenters. The van der Waals surface area contributed by atoms with E-state index in [4.69, 9.17) is 0 Å². The molecule has 1 aliphatic heterocycles. The first kappa shape index (κ1) is 17.7. The molecule has 0 bridgehead atoms. The Morgan fingerprint density at radius 1 is 1.12 bits per heavy atom. The molecule has 1 fully saturated rings. The second-order valence-corrected chi connectivity index (χ2v) is 7.04. The van der Waals surface area contributed by atoms with Gasteiger partial charge >= 0.3 is 0 Å². The monoisotopic (exact) mass is 344 g/mol. The number of rotatable bonds is 5. The quantitative estimate of drug-likeness (QED) is 0.832. The number of nitrogens with zero attached hydrogens (tertiary/aromatic N) is 6. The van der Waals surface area contributed by atoms with Crippen molar-refractivity contribution in [3.05, 3.63) is 36.4 Å². The molecule has 7 heteroatoms. The van der Waals surface area contributed by atoms with Gasteiger partial charge in [-0.2, -0.15) is 10.2 Å². The zero-order valence-electron chi connectivity index (χ0n) is 15.4. The molecule has 3 heterocycles. The van der Waals surface area contributed by atoms with Gasteiger partial charge in [-0.1, -0.05) is 0 Å². The van der Waals surface area contributed by atoms with Gasteiger partial charge in [0.15, 0.2) is 0 Å². The third-order valence-corrected chi connectivity index (χ3v) is 4.77. The largest absolute Gasteiger partial charge is 0.340 e. The Morgan fingerprint density at radius 2 is 1.96 bits per heavy atom. The van der Waals surface area contributed by atoms with Crippen LogP contribution in [-0.2, 0) is 11.3 Å². The van der Waals surface area contributed by atoms with Crippen molar-refractivity contribution in [1.82, 2.24) is 29.4 Å². The Labute approximate surface area is 149 Å². The summed E-state index contributed by atoms with van der Waals surface area (Å²) in [6.07, 6.45) is 8.63. The number of amides is 1. The Hall–Kier alpha value is -2.15. The summed E-state index contributed by atoms with van der Waals surface area (Å²) in [5.74, 6) is 0.151. The summed E-state index contributed by atoms with van der Waals surface area (Å²) < 4.78 is 3.72. The number of carbonyl (C=O) groups is 1. The summed E-state index contributed by atoms with van der Waals surface area (Å²) in [6.45, 7) is 10.5. The van der Waals surface area contributed by atoms with Gasteiger partial charge in [-0.05, 0) is 33.3 Å². The molecule has 0 saturated carbocycles. The fourth-order valence-corrected chi connectivity index (χ4v) is 3.24. The van der Waals surface area contributed by atoms with E-state index in [2.05, 4.69) is 35.1 Å². The molecule has 0 aromatic carbocycles. The van der Waals surface area contributed by atoms with Crippen LogP contribution in [0.2, 0.25) is 0 Å². The third-order valence-electron chi connectivity index (χ3n) is 4.77. The maximum absolute atomic E-state index is 12.7. The van der Waals surface area contributed by atoms with Gasteiger partial charge in [0.25, 0.3) is 0 Å². The number of aromatic nitrogens is 4. The number of carbonyl (C=O) groups excluding carboxylic acids is 1. The minimum Gasteiger partial charge on any atom is -0.340 e. The lowest BCUT2D eigenvalue weighted by Crippen LogP contribution is -2.39. The Balaban J connectivity index is 1.55. The van der Waals surface area contributed by atoms with E-state index >= 15 is 0 Å². The van der Waals surface area contributed by atoms with Gasteiger partial charge in [0, 0.05) is 62.9 Å². The zero-order chi connectivity index (χ0) is 17.8. The molecule has 0 radical (unpaired) electrons. The normalized spacial score (nSPS) is 17.7. The third kappa shape index (κ3) is 4.28. The van der Waals surface area contributed by atoms with E-state index in [0.717, 1.165) is 39.1 Å². The first-order valence-corrected chi connectivity index (χ1v) is 9.08. The van der Waals surface area contributed by atoms with Crippen molar-refractivity contribution in [3.63, 3.8) is 0 Å². The number of hydrogen-bond acceptors (Lipinski definition) is 4. The van der Waals surface area contributed by atoms with Gasteiger partial charge in [-0.3, -0.25) is 19.1 Å². The highest BCUT2D eigenvalue weighted by molar-refractivity contribution is 5.80. The molecular weight excluding hydrogens is 316 g/mol.